The number of amides is 1. The molecule has 4 aromatic rings. The summed E-state index contributed by atoms with van der Waals surface area (Å²) in [6, 6.07) is 22.8. The van der Waals surface area contributed by atoms with E-state index in [0.717, 1.165) is 16.6 Å². The maximum Gasteiger partial charge on any atom is 0.258 e. The molecule has 2 N–H and O–H groups in total. The predicted octanol–water partition coefficient (Wildman–Crippen LogP) is 3.79. The van der Waals surface area contributed by atoms with Crippen LogP contribution in [0, 0.1) is 0 Å². The average molecular weight is 435 g/mol. The molecule has 1 amide bonds. The van der Waals surface area contributed by atoms with Crippen molar-refractivity contribution < 1.29 is 13.2 Å². The van der Waals surface area contributed by atoms with Gasteiger partial charge in [0, 0.05) is 18.7 Å². The largest absolute Gasteiger partial charge is 0.310 e. The lowest BCUT2D eigenvalue weighted by Gasteiger charge is -2.10. The molecule has 3 aromatic carbocycles. The third-order valence-corrected chi connectivity index (χ3v) is 6.31. The molecule has 0 aliphatic heterocycles. The number of hydrogen-bond donors (Lipinski definition) is 2. The summed E-state index contributed by atoms with van der Waals surface area (Å²) in [5.74, 6) is -0.00530. The molecular formula is C23H22N4O3S. The van der Waals surface area contributed by atoms with Crippen molar-refractivity contribution in [2.45, 2.75) is 24.9 Å². The fraction of sp³-hybridized carbons (Fsp3) is 0.130. The van der Waals surface area contributed by atoms with Crippen LogP contribution in [0.25, 0.3) is 11.0 Å². The Hall–Kier alpha value is -3.49. The number of nitrogens with one attached hydrogen (secondary N) is 2. The van der Waals surface area contributed by atoms with Gasteiger partial charge in [-0.1, -0.05) is 48.5 Å². The van der Waals surface area contributed by atoms with Crippen molar-refractivity contribution in [3.63, 3.8) is 0 Å². The minimum absolute atomic E-state index is 0.0278. The first-order valence-electron chi connectivity index (χ1n) is 9.88. The molecule has 0 radical (unpaired) electrons. The molecule has 0 bridgehead atoms. The summed E-state index contributed by atoms with van der Waals surface area (Å²) in [5.41, 5.74) is 2.78. The zero-order valence-corrected chi connectivity index (χ0v) is 17.8. The Morgan fingerprint density at radius 3 is 2.48 bits per heavy atom. The van der Waals surface area contributed by atoms with Gasteiger partial charge in [0.25, 0.3) is 5.91 Å². The molecule has 0 aliphatic rings. The van der Waals surface area contributed by atoms with Gasteiger partial charge in [-0.05, 0) is 42.8 Å². The van der Waals surface area contributed by atoms with E-state index in [2.05, 4.69) is 15.0 Å². The zero-order valence-electron chi connectivity index (χ0n) is 16.9. The van der Waals surface area contributed by atoms with Gasteiger partial charge in [0.15, 0.2) is 0 Å². The fourth-order valence-electron chi connectivity index (χ4n) is 3.33. The molecule has 0 fully saturated rings. The van der Waals surface area contributed by atoms with Crippen molar-refractivity contribution >= 4 is 32.9 Å². The summed E-state index contributed by atoms with van der Waals surface area (Å²) in [7, 11) is -3.77. The Bertz CT molecular complexity index is 1330. The van der Waals surface area contributed by atoms with E-state index >= 15 is 0 Å². The van der Waals surface area contributed by atoms with Crippen LogP contribution in [0.3, 0.4) is 0 Å². The second-order valence-electron chi connectivity index (χ2n) is 6.96. The lowest BCUT2D eigenvalue weighted by molar-refractivity contribution is 0.102. The molecule has 1 heterocycles. The third kappa shape index (κ3) is 4.50. The number of nitrogens with zero attached hydrogens (tertiary/aromatic N) is 2. The first-order chi connectivity index (χ1) is 15.0. The van der Waals surface area contributed by atoms with E-state index in [-0.39, 0.29) is 17.0 Å². The molecule has 0 saturated carbocycles. The number of anilines is 1. The number of aryl methyl sites for hydroxylation is 1. The Balaban J connectivity index is 1.54. The normalized spacial score (nSPS) is 11.5. The van der Waals surface area contributed by atoms with E-state index < -0.39 is 15.9 Å². The number of sulfonamides is 1. The summed E-state index contributed by atoms with van der Waals surface area (Å²) >= 11 is 0. The van der Waals surface area contributed by atoms with Crippen LogP contribution >= 0.6 is 0 Å². The van der Waals surface area contributed by atoms with Gasteiger partial charge in [-0.15, -0.1) is 0 Å². The quantitative estimate of drug-likeness (QED) is 0.463. The highest BCUT2D eigenvalue weighted by Gasteiger charge is 2.18. The number of carbonyl (C=O) groups is 1. The van der Waals surface area contributed by atoms with Crippen molar-refractivity contribution in [3.05, 3.63) is 90.0 Å². The molecule has 1 aromatic heterocycles. The highest BCUT2D eigenvalue weighted by Crippen LogP contribution is 2.20. The van der Waals surface area contributed by atoms with E-state index in [1.165, 1.54) is 12.1 Å². The first-order valence-corrected chi connectivity index (χ1v) is 11.4. The van der Waals surface area contributed by atoms with Gasteiger partial charge >= 0.3 is 0 Å². The molecule has 0 atom stereocenters. The van der Waals surface area contributed by atoms with Gasteiger partial charge < -0.3 is 4.57 Å². The lowest BCUT2D eigenvalue weighted by Crippen LogP contribution is -2.24. The molecule has 0 aliphatic carbocycles. The van der Waals surface area contributed by atoms with Crippen LogP contribution in [0.15, 0.2) is 83.8 Å². The molecule has 0 unspecified atom stereocenters. The summed E-state index contributed by atoms with van der Waals surface area (Å²) in [6.45, 7) is 2.77. The number of para-hydroxylation sites is 2. The van der Waals surface area contributed by atoms with Crippen LogP contribution in [-0.2, 0) is 23.1 Å². The zero-order chi connectivity index (χ0) is 21.8. The monoisotopic (exact) mass is 434 g/mol. The minimum atomic E-state index is -3.77. The maximum atomic E-state index is 12.8. The number of benzene rings is 3. The highest BCUT2D eigenvalue weighted by atomic mass is 32.2. The summed E-state index contributed by atoms with van der Waals surface area (Å²) in [6.07, 6.45) is 0. The van der Waals surface area contributed by atoms with Gasteiger partial charge in [0.1, 0.15) is 0 Å². The van der Waals surface area contributed by atoms with Crippen LogP contribution in [0.2, 0.25) is 0 Å². The van der Waals surface area contributed by atoms with E-state index in [1.54, 1.807) is 12.1 Å². The molecular weight excluding hydrogens is 412 g/mol. The van der Waals surface area contributed by atoms with E-state index in [4.69, 9.17) is 0 Å². The lowest BCUT2D eigenvalue weighted by atomic mass is 10.2. The molecule has 0 saturated heterocycles. The number of rotatable bonds is 7. The number of aromatic nitrogens is 2. The number of fused-ring (bicyclic) bond motifs is 1. The predicted molar refractivity (Wildman–Crippen MR) is 120 cm³/mol. The fourth-order valence-corrected chi connectivity index (χ4v) is 4.39. The third-order valence-electron chi connectivity index (χ3n) is 4.91. The van der Waals surface area contributed by atoms with Gasteiger partial charge in [-0.25, -0.2) is 18.1 Å². The second kappa shape index (κ2) is 8.71. The van der Waals surface area contributed by atoms with Crippen LogP contribution in [0.4, 0.5) is 5.95 Å². The highest BCUT2D eigenvalue weighted by molar-refractivity contribution is 7.89. The SMILES string of the molecule is CCn1c(NC(=O)c2cccc(S(=O)(=O)NCc3ccccc3)c2)nc2ccccc21. The Morgan fingerprint density at radius 1 is 0.968 bits per heavy atom. The summed E-state index contributed by atoms with van der Waals surface area (Å²) in [5, 5.41) is 2.80. The van der Waals surface area contributed by atoms with Gasteiger partial charge in [-0.2, -0.15) is 0 Å². The minimum Gasteiger partial charge on any atom is -0.310 e. The van der Waals surface area contributed by atoms with Crippen LogP contribution in [0.1, 0.15) is 22.8 Å². The smallest absolute Gasteiger partial charge is 0.258 e. The first kappa shape index (κ1) is 20.8. The maximum absolute atomic E-state index is 12.8. The van der Waals surface area contributed by atoms with Gasteiger partial charge in [-0.3, -0.25) is 10.1 Å². The summed E-state index contributed by atoms with van der Waals surface area (Å²) < 4.78 is 29.9. The molecule has 8 heteroatoms. The van der Waals surface area contributed by atoms with Crippen LogP contribution in [0.5, 0.6) is 0 Å². The van der Waals surface area contributed by atoms with Crippen LogP contribution in [-0.4, -0.2) is 23.9 Å². The Morgan fingerprint density at radius 2 is 1.71 bits per heavy atom. The van der Waals surface area contributed by atoms with Gasteiger partial charge in [0.2, 0.25) is 16.0 Å². The van der Waals surface area contributed by atoms with E-state index in [9.17, 15) is 13.2 Å². The Kier molecular flexibility index (Phi) is 5.83. The molecule has 31 heavy (non-hydrogen) atoms. The topological polar surface area (TPSA) is 93.1 Å². The Labute approximate surface area is 180 Å². The van der Waals surface area contributed by atoms with Crippen molar-refractivity contribution in [2.24, 2.45) is 0 Å². The van der Waals surface area contributed by atoms with Crippen molar-refractivity contribution in [1.29, 1.82) is 0 Å². The van der Waals surface area contributed by atoms with Gasteiger partial charge in [0.05, 0.1) is 15.9 Å². The molecule has 4 rings (SSSR count). The second-order valence-corrected chi connectivity index (χ2v) is 8.73. The number of carbonyl (C=O) groups excluding carboxylic acids is 1. The number of imidazole rings is 1. The molecule has 7 nitrogen and oxygen atoms in total. The summed E-state index contributed by atoms with van der Waals surface area (Å²) in [4.78, 5) is 17.3. The average Bonchev–Trinajstić information content (AvgIpc) is 3.15. The number of hydrogen-bond acceptors (Lipinski definition) is 4. The van der Waals surface area contributed by atoms with E-state index in [0.29, 0.717) is 12.5 Å². The van der Waals surface area contributed by atoms with Crippen molar-refractivity contribution in [1.82, 2.24) is 14.3 Å². The van der Waals surface area contributed by atoms with Crippen molar-refractivity contribution in [3.8, 4) is 0 Å². The van der Waals surface area contributed by atoms with Crippen LogP contribution < -0.4 is 10.0 Å². The molecule has 158 valence electrons. The molecule has 0 spiro atoms. The van der Waals surface area contributed by atoms with E-state index in [1.807, 2.05) is 66.1 Å². The van der Waals surface area contributed by atoms with Crippen molar-refractivity contribution in [2.75, 3.05) is 5.32 Å². The standard InChI is InChI=1S/C23H22N4O3S/c1-2-27-21-14-7-6-13-20(21)25-23(27)26-22(28)18-11-8-12-19(15-18)31(29,30)24-16-17-9-4-3-5-10-17/h3-15,24H,2,16H2,1H3,(H,25,26,28).